The molecule has 0 amide bonds. The van der Waals surface area contributed by atoms with Gasteiger partial charge >= 0.3 is 0 Å². The lowest BCUT2D eigenvalue weighted by Crippen LogP contribution is -2.38. The summed E-state index contributed by atoms with van der Waals surface area (Å²) in [5.74, 6) is 0. The number of aromatic nitrogens is 1. The minimum atomic E-state index is -1.06. The van der Waals surface area contributed by atoms with Crippen LogP contribution in [0.3, 0.4) is 0 Å². The largest absolute Gasteiger partial charge is 0.598 e. The Morgan fingerprint density at radius 2 is 1.83 bits per heavy atom. The Bertz CT molecular complexity index is 683. The van der Waals surface area contributed by atoms with E-state index in [1.807, 2.05) is 20.8 Å². The Kier molecular flexibility index (Phi) is 5.56. The van der Waals surface area contributed by atoms with Crippen LogP contribution < -0.4 is 4.72 Å². The molecule has 0 aliphatic carbocycles. The second-order valence-corrected chi connectivity index (χ2v) is 11.2. The molecule has 3 nitrogen and oxygen atoms in total. The molecule has 0 fully saturated rings. The van der Waals surface area contributed by atoms with E-state index < -0.39 is 11.4 Å². The van der Waals surface area contributed by atoms with E-state index in [-0.39, 0.29) is 10.2 Å². The lowest BCUT2D eigenvalue weighted by molar-refractivity contribution is 0.349. The van der Waals surface area contributed by atoms with Crippen LogP contribution in [0.25, 0.3) is 10.9 Å². The summed E-state index contributed by atoms with van der Waals surface area (Å²) in [4.78, 5) is 0. The first-order valence-corrected chi connectivity index (χ1v) is 9.84. The van der Waals surface area contributed by atoms with Gasteiger partial charge in [-0.05, 0) is 43.9 Å². The highest BCUT2D eigenvalue weighted by Gasteiger charge is 2.26. The fourth-order valence-electron chi connectivity index (χ4n) is 2.48. The summed E-state index contributed by atoms with van der Waals surface area (Å²) in [7, 11) is 0. The highest BCUT2D eigenvalue weighted by molar-refractivity contribution is 9.10. The van der Waals surface area contributed by atoms with E-state index in [1.54, 1.807) is 0 Å². The Balaban J connectivity index is 2.33. The van der Waals surface area contributed by atoms with Gasteiger partial charge in [0.1, 0.15) is 4.75 Å². The molecule has 0 spiro atoms. The molecule has 1 N–H and O–H groups in total. The molecule has 1 heterocycles. The maximum atomic E-state index is 12.2. The topological polar surface area (TPSA) is 40.0 Å². The van der Waals surface area contributed by atoms with Crippen molar-refractivity contribution in [2.45, 2.75) is 59.4 Å². The number of halogens is 1. The number of nitrogens with one attached hydrogen (secondary N) is 1. The summed E-state index contributed by atoms with van der Waals surface area (Å²) >= 11 is 2.50. The molecule has 0 saturated heterocycles. The first-order valence-electron chi connectivity index (χ1n) is 7.90. The van der Waals surface area contributed by atoms with Crippen molar-refractivity contribution in [2.75, 3.05) is 0 Å². The summed E-state index contributed by atoms with van der Waals surface area (Å²) in [5, 5.41) is 1.22. The van der Waals surface area contributed by atoms with Gasteiger partial charge in [-0.3, -0.25) is 0 Å². The molecule has 2 aromatic rings. The van der Waals surface area contributed by atoms with Gasteiger partial charge in [0.05, 0.1) is 6.54 Å². The van der Waals surface area contributed by atoms with Crippen LogP contribution in [-0.2, 0) is 24.5 Å². The predicted octanol–water partition coefficient (Wildman–Crippen LogP) is 5.00. The molecular formula is C18H27BrN2OS. The molecule has 1 unspecified atom stereocenters. The Labute approximate surface area is 151 Å². The van der Waals surface area contributed by atoms with Crippen LogP contribution in [0.5, 0.6) is 0 Å². The SMILES string of the molecule is CC(C)(C)Cn1cc(CN[S+]([O-])C(C)(C)C)c2ccc(Br)cc21. The standard InChI is InChI=1S/C18H27BrN2OS/c1-17(2,3)12-21-11-13(10-20-23(22)18(4,5)6)15-8-7-14(19)9-16(15)21/h7-9,11,20H,10,12H2,1-6H3. The normalized spacial score (nSPS) is 14.4. The third-order valence-electron chi connectivity index (χ3n) is 3.52. The van der Waals surface area contributed by atoms with E-state index in [2.05, 4.69) is 70.4 Å². The minimum absolute atomic E-state index is 0.202. The zero-order chi connectivity index (χ0) is 17.4. The molecule has 5 heteroatoms. The van der Waals surface area contributed by atoms with E-state index in [4.69, 9.17) is 0 Å². The minimum Gasteiger partial charge on any atom is -0.598 e. The Morgan fingerprint density at radius 1 is 1.17 bits per heavy atom. The molecule has 0 saturated carbocycles. The van der Waals surface area contributed by atoms with Gasteiger partial charge in [0.25, 0.3) is 0 Å². The number of rotatable bonds is 4. The van der Waals surface area contributed by atoms with Crippen LogP contribution in [0.2, 0.25) is 0 Å². The monoisotopic (exact) mass is 398 g/mol. The van der Waals surface area contributed by atoms with Crippen molar-refractivity contribution < 1.29 is 4.55 Å². The maximum Gasteiger partial charge on any atom is 0.136 e. The third-order valence-corrected chi connectivity index (χ3v) is 5.53. The molecule has 0 aliphatic heterocycles. The number of hydrogen-bond acceptors (Lipinski definition) is 2. The van der Waals surface area contributed by atoms with Crippen molar-refractivity contribution in [2.24, 2.45) is 5.41 Å². The second-order valence-electron chi connectivity index (χ2n) is 8.21. The molecular weight excluding hydrogens is 372 g/mol. The molecule has 2 rings (SSSR count). The zero-order valence-electron chi connectivity index (χ0n) is 14.9. The first-order chi connectivity index (χ1) is 10.5. The number of fused-ring (bicyclic) bond motifs is 1. The van der Waals surface area contributed by atoms with Crippen LogP contribution in [0.1, 0.15) is 47.1 Å². The molecule has 1 atom stereocenters. The zero-order valence-corrected chi connectivity index (χ0v) is 17.3. The van der Waals surface area contributed by atoms with Crippen LogP contribution in [0.4, 0.5) is 0 Å². The van der Waals surface area contributed by atoms with Crippen LogP contribution in [0, 0.1) is 5.41 Å². The highest BCUT2D eigenvalue weighted by atomic mass is 79.9. The fourth-order valence-corrected chi connectivity index (χ4v) is 3.55. The average Bonchev–Trinajstić information content (AvgIpc) is 2.70. The van der Waals surface area contributed by atoms with Crippen LogP contribution in [0.15, 0.2) is 28.9 Å². The highest BCUT2D eigenvalue weighted by Crippen LogP contribution is 2.28. The van der Waals surface area contributed by atoms with Crippen molar-refractivity contribution in [1.82, 2.24) is 9.29 Å². The van der Waals surface area contributed by atoms with Gasteiger partial charge in [0, 0.05) is 39.5 Å². The van der Waals surface area contributed by atoms with E-state index in [0.717, 1.165) is 11.0 Å². The summed E-state index contributed by atoms with van der Waals surface area (Å²) in [6, 6.07) is 6.36. The lowest BCUT2D eigenvalue weighted by Gasteiger charge is -2.23. The van der Waals surface area contributed by atoms with Crippen molar-refractivity contribution in [3.8, 4) is 0 Å². The number of nitrogens with zero attached hydrogens (tertiary/aromatic N) is 1. The molecule has 128 valence electrons. The van der Waals surface area contributed by atoms with Gasteiger partial charge in [-0.25, -0.2) is 0 Å². The van der Waals surface area contributed by atoms with Gasteiger partial charge in [0.15, 0.2) is 0 Å². The van der Waals surface area contributed by atoms with Gasteiger partial charge in [-0.15, -0.1) is 4.72 Å². The predicted molar refractivity (Wildman–Crippen MR) is 104 cm³/mol. The summed E-state index contributed by atoms with van der Waals surface area (Å²) in [5.41, 5.74) is 2.61. The maximum absolute atomic E-state index is 12.2. The third kappa shape index (κ3) is 4.99. The van der Waals surface area contributed by atoms with Crippen molar-refractivity contribution in [3.63, 3.8) is 0 Å². The Morgan fingerprint density at radius 3 is 2.39 bits per heavy atom. The van der Waals surface area contributed by atoms with Crippen molar-refractivity contribution in [3.05, 3.63) is 34.4 Å². The molecule has 1 aromatic carbocycles. The molecule has 0 aliphatic rings. The van der Waals surface area contributed by atoms with Crippen molar-refractivity contribution in [1.29, 1.82) is 0 Å². The van der Waals surface area contributed by atoms with Crippen LogP contribution in [-0.4, -0.2) is 13.9 Å². The Hall–Kier alpha value is -0.490. The van der Waals surface area contributed by atoms with Gasteiger partial charge in [-0.1, -0.05) is 42.8 Å². The summed E-state index contributed by atoms with van der Waals surface area (Å²) in [6.07, 6.45) is 2.19. The fraction of sp³-hybridized carbons (Fsp3) is 0.556. The quantitative estimate of drug-likeness (QED) is 0.735. The summed E-state index contributed by atoms with van der Waals surface area (Å²) in [6.45, 7) is 14.2. The van der Waals surface area contributed by atoms with E-state index in [0.29, 0.717) is 6.54 Å². The van der Waals surface area contributed by atoms with E-state index in [9.17, 15) is 4.55 Å². The number of benzene rings is 1. The molecule has 1 aromatic heterocycles. The molecule has 0 radical (unpaired) electrons. The van der Waals surface area contributed by atoms with E-state index >= 15 is 0 Å². The number of hydrogen-bond donors (Lipinski definition) is 1. The first kappa shape index (κ1) is 18.8. The molecule has 0 bridgehead atoms. The van der Waals surface area contributed by atoms with E-state index in [1.165, 1.54) is 16.5 Å². The van der Waals surface area contributed by atoms with Crippen LogP contribution >= 0.6 is 15.9 Å². The van der Waals surface area contributed by atoms with Gasteiger partial charge < -0.3 is 9.12 Å². The molecule has 23 heavy (non-hydrogen) atoms. The lowest BCUT2D eigenvalue weighted by atomic mass is 9.97. The smallest absolute Gasteiger partial charge is 0.136 e. The second kappa shape index (κ2) is 6.79. The summed E-state index contributed by atoms with van der Waals surface area (Å²) < 4.78 is 18.5. The van der Waals surface area contributed by atoms with Gasteiger partial charge in [0.2, 0.25) is 0 Å². The van der Waals surface area contributed by atoms with Gasteiger partial charge in [-0.2, -0.15) is 0 Å². The van der Waals surface area contributed by atoms with Crippen molar-refractivity contribution >= 4 is 38.2 Å². The average molecular weight is 399 g/mol.